The van der Waals surface area contributed by atoms with E-state index in [9.17, 15) is 4.79 Å². The Morgan fingerprint density at radius 2 is 2.00 bits per heavy atom. The van der Waals surface area contributed by atoms with E-state index in [1.807, 2.05) is 24.3 Å². The lowest BCUT2D eigenvalue weighted by atomic mass is 10.2. The first kappa shape index (κ1) is 14.0. The minimum Gasteiger partial charge on any atom is -0.435 e. The van der Waals surface area contributed by atoms with Crippen LogP contribution in [-0.2, 0) is 6.54 Å². The Morgan fingerprint density at radius 3 is 2.63 bits per heavy atom. The van der Waals surface area contributed by atoms with Crippen LogP contribution in [0.3, 0.4) is 0 Å². The van der Waals surface area contributed by atoms with Gasteiger partial charge in [0.15, 0.2) is 0 Å². The number of hydrogen-bond acceptors (Lipinski definition) is 3. The highest BCUT2D eigenvalue weighted by Crippen LogP contribution is 2.17. The molecule has 0 aliphatic carbocycles. The van der Waals surface area contributed by atoms with Crippen LogP contribution < -0.4 is 10.3 Å². The molecule has 0 saturated heterocycles. The summed E-state index contributed by atoms with van der Waals surface area (Å²) in [5, 5.41) is 0. The number of aromatic nitrogens is 2. The maximum absolute atomic E-state index is 12.1. The van der Waals surface area contributed by atoms with Crippen molar-refractivity contribution in [2.45, 2.75) is 20.4 Å². The van der Waals surface area contributed by atoms with Gasteiger partial charge in [-0.2, -0.15) is 0 Å². The third-order valence-electron chi connectivity index (χ3n) is 2.47. The summed E-state index contributed by atoms with van der Waals surface area (Å²) in [6.07, 6.45) is 3.27. The first-order valence-electron chi connectivity index (χ1n) is 6.05. The van der Waals surface area contributed by atoms with Crippen molar-refractivity contribution in [3.63, 3.8) is 0 Å². The third-order valence-corrected chi connectivity index (χ3v) is 3.19. The van der Waals surface area contributed by atoms with E-state index >= 15 is 0 Å². The molecule has 0 aliphatic heterocycles. The smallest absolute Gasteiger partial charge is 0.313 e. The summed E-state index contributed by atoms with van der Waals surface area (Å²) in [5.41, 5.74) is -0.199. The third kappa shape index (κ3) is 3.79. The lowest BCUT2D eigenvalue weighted by Crippen LogP contribution is -2.23. The molecule has 0 fully saturated rings. The molecule has 2 aromatic rings. The van der Waals surface area contributed by atoms with Crippen LogP contribution in [0.4, 0.5) is 0 Å². The van der Waals surface area contributed by atoms with Gasteiger partial charge in [0.05, 0.1) is 0 Å². The fourth-order valence-corrected chi connectivity index (χ4v) is 2.01. The van der Waals surface area contributed by atoms with Gasteiger partial charge in [0, 0.05) is 22.5 Å². The zero-order valence-corrected chi connectivity index (χ0v) is 13.0. The molecule has 100 valence electrons. The van der Waals surface area contributed by atoms with E-state index in [2.05, 4.69) is 41.4 Å². The van der Waals surface area contributed by atoms with Gasteiger partial charge in [0.25, 0.3) is 5.88 Å². The van der Waals surface area contributed by atoms with Gasteiger partial charge in [0.1, 0.15) is 5.75 Å². The van der Waals surface area contributed by atoms with Crippen molar-refractivity contribution in [1.29, 1.82) is 0 Å². The molecule has 0 atom stereocenters. The van der Waals surface area contributed by atoms with E-state index in [0.29, 0.717) is 18.2 Å². The Hall–Kier alpha value is -1.37. The predicted molar refractivity (Wildman–Crippen MR) is 82.6 cm³/mol. The van der Waals surface area contributed by atoms with E-state index < -0.39 is 0 Å². The summed E-state index contributed by atoms with van der Waals surface area (Å²) in [4.78, 5) is 16.2. The molecular weight excluding hydrogens is 355 g/mol. The van der Waals surface area contributed by atoms with Crippen LogP contribution in [0.25, 0.3) is 0 Å². The number of benzene rings is 1. The van der Waals surface area contributed by atoms with Crippen LogP contribution in [0.15, 0.2) is 41.5 Å². The van der Waals surface area contributed by atoms with Crippen molar-refractivity contribution in [3.8, 4) is 11.6 Å². The van der Waals surface area contributed by atoms with Crippen molar-refractivity contribution in [2.75, 3.05) is 0 Å². The van der Waals surface area contributed by atoms with Crippen LogP contribution in [0.2, 0.25) is 0 Å². The maximum atomic E-state index is 12.1. The van der Waals surface area contributed by atoms with E-state index in [0.717, 1.165) is 3.57 Å². The molecule has 0 unspecified atom stereocenters. The molecule has 19 heavy (non-hydrogen) atoms. The first-order chi connectivity index (χ1) is 9.06. The summed E-state index contributed by atoms with van der Waals surface area (Å²) < 4.78 is 8.28. The second kappa shape index (κ2) is 6.18. The van der Waals surface area contributed by atoms with Crippen LogP contribution in [0.5, 0.6) is 11.6 Å². The molecule has 0 aliphatic rings. The highest BCUT2D eigenvalue weighted by atomic mass is 127. The SMILES string of the molecule is CC(C)Cn1ccnc(Oc2ccc(I)cc2)c1=O. The molecule has 5 heteroatoms. The predicted octanol–water partition coefficient (Wildman–Crippen LogP) is 3.30. The average molecular weight is 370 g/mol. The van der Waals surface area contributed by atoms with Gasteiger partial charge in [-0.05, 0) is 52.8 Å². The van der Waals surface area contributed by atoms with Gasteiger partial charge in [-0.25, -0.2) is 4.98 Å². The summed E-state index contributed by atoms with van der Waals surface area (Å²) in [6, 6.07) is 7.49. The number of nitrogens with zero attached hydrogens (tertiary/aromatic N) is 2. The standard InChI is InChI=1S/C14H15IN2O2/c1-10(2)9-17-8-7-16-13(14(17)18)19-12-5-3-11(15)4-6-12/h3-8,10H,9H2,1-2H3. The highest BCUT2D eigenvalue weighted by Gasteiger charge is 2.08. The van der Waals surface area contributed by atoms with Gasteiger partial charge in [-0.1, -0.05) is 13.8 Å². The Balaban J connectivity index is 2.25. The molecule has 0 radical (unpaired) electrons. The zero-order valence-electron chi connectivity index (χ0n) is 10.8. The highest BCUT2D eigenvalue weighted by molar-refractivity contribution is 14.1. The summed E-state index contributed by atoms with van der Waals surface area (Å²) in [6.45, 7) is 4.78. The number of rotatable bonds is 4. The van der Waals surface area contributed by atoms with E-state index in [4.69, 9.17) is 4.74 Å². The monoisotopic (exact) mass is 370 g/mol. The molecule has 1 heterocycles. The van der Waals surface area contributed by atoms with Crippen LogP contribution in [0.1, 0.15) is 13.8 Å². The molecule has 0 amide bonds. The minimum absolute atomic E-state index is 0.115. The molecule has 4 nitrogen and oxygen atoms in total. The quantitative estimate of drug-likeness (QED) is 0.776. The molecular formula is C14H15IN2O2. The molecule has 1 aromatic heterocycles. The zero-order chi connectivity index (χ0) is 13.8. The summed E-state index contributed by atoms with van der Waals surface area (Å²) in [5.74, 6) is 1.13. The Bertz CT molecular complexity index is 606. The largest absolute Gasteiger partial charge is 0.435 e. The molecule has 2 rings (SSSR count). The lowest BCUT2D eigenvalue weighted by Gasteiger charge is -2.10. The van der Waals surface area contributed by atoms with Gasteiger partial charge >= 0.3 is 5.56 Å². The second-order valence-electron chi connectivity index (χ2n) is 4.64. The van der Waals surface area contributed by atoms with Crippen molar-refractivity contribution in [2.24, 2.45) is 5.92 Å². The Kier molecular flexibility index (Phi) is 4.57. The number of hydrogen-bond donors (Lipinski definition) is 0. The van der Waals surface area contributed by atoms with E-state index in [1.54, 1.807) is 17.0 Å². The minimum atomic E-state index is -0.199. The van der Waals surface area contributed by atoms with Gasteiger partial charge < -0.3 is 9.30 Å². The molecule has 0 bridgehead atoms. The van der Waals surface area contributed by atoms with Gasteiger partial charge in [-0.15, -0.1) is 0 Å². The topological polar surface area (TPSA) is 44.1 Å². The second-order valence-corrected chi connectivity index (χ2v) is 5.89. The molecule has 0 spiro atoms. The molecule has 0 saturated carbocycles. The van der Waals surface area contributed by atoms with Crippen molar-refractivity contribution in [1.82, 2.24) is 9.55 Å². The Morgan fingerprint density at radius 1 is 1.32 bits per heavy atom. The molecule has 1 aromatic carbocycles. The van der Waals surface area contributed by atoms with Crippen molar-refractivity contribution in [3.05, 3.63) is 50.6 Å². The molecule has 0 N–H and O–H groups in total. The first-order valence-corrected chi connectivity index (χ1v) is 7.13. The van der Waals surface area contributed by atoms with Crippen LogP contribution in [-0.4, -0.2) is 9.55 Å². The fraction of sp³-hybridized carbons (Fsp3) is 0.286. The van der Waals surface area contributed by atoms with Crippen LogP contribution >= 0.6 is 22.6 Å². The van der Waals surface area contributed by atoms with Gasteiger partial charge in [-0.3, -0.25) is 4.79 Å². The van der Waals surface area contributed by atoms with Gasteiger partial charge in [0.2, 0.25) is 0 Å². The normalized spacial score (nSPS) is 10.7. The lowest BCUT2D eigenvalue weighted by molar-refractivity contribution is 0.432. The van der Waals surface area contributed by atoms with Crippen molar-refractivity contribution >= 4 is 22.6 Å². The number of halogens is 1. The van der Waals surface area contributed by atoms with Crippen LogP contribution in [0, 0.1) is 9.49 Å². The fourth-order valence-electron chi connectivity index (χ4n) is 1.65. The summed E-state index contributed by atoms with van der Waals surface area (Å²) >= 11 is 2.22. The summed E-state index contributed by atoms with van der Waals surface area (Å²) in [7, 11) is 0. The van der Waals surface area contributed by atoms with E-state index in [1.165, 1.54) is 0 Å². The maximum Gasteiger partial charge on any atom is 0.313 e. The average Bonchev–Trinajstić information content (AvgIpc) is 2.36. The van der Waals surface area contributed by atoms with Crippen molar-refractivity contribution < 1.29 is 4.74 Å². The van der Waals surface area contributed by atoms with E-state index in [-0.39, 0.29) is 11.4 Å². The number of ether oxygens (including phenoxy) is 1. The Labute approximate surface area is 125 Å².